The van der Waals surface area contributed by atoms with Crippen molar-refractivity contribution in [3.63, 3.8) is 0 Å². The van der Waals surface area contributed by atoms with Crippen LogP contribution in [-0.4, -0.2) is 3.26 Å². The van der Waals surface area contributed by atoms with E-state index in [9.17, 15) is 0 Å². The minimum atomic E-state index is 0. The molecule has 0 nitrogen and oxygen atoms in total. The van der Waals surface area contributed by atoms with Crippen molar-refractivity contribution in [3.8, 4) is 11.1 Å². The Morgan fingerprint density at radius 1 is 0.577 bits per heavy atom. The van der Waals surface area contributed by atoms with E-state index in [0.29, 0.717) is 0 Å². The zero-order chi connectivity index (χ0) is 37.2. The topological polar surface area (TPSA) is 0 Å². The predicted molar refractivity (Wildman–Crippen MR) is 222 cm³/mol. The van der Waals surface area contributed by atoms with Crippen LogP contribution < -0.4 is 24.8 Å². The Morgan fingerprint density at radius 2 is 0.981 bits per heavy atom. The van der Waals surface area contributed by atoms with Gasteiger partial charge in [-0.2, -0.15) is 35.9 Å². The molecule has 1 aliphatic carbocycles. The maximum Gasteiger partial charge on any atom is -0.0129 e. The standard InChI is InChI=1S/C29H41.C13H8Br2.C5H5.2ClH.Hf/c1-26(2,3)22-14-18-13-19-15-23(27(4,5)6)25(29(10,11)12)17-21(19)20(18)16-24(22)28(7,8)9;14-12-5-1-10(2-6-12)9-11-3-7-13(15)8-4-11;1-2-4-5-3-1;;;/h14,16-17H,13H2,1-12H3;1-8H;1-5H;2*1H;/q-1;;-1;;;+2/p-2. The van der Waals surface area contributed by atoms with Crippen molar-refractivity contribution in [2.24, 2.45) is 0 Å². The largest absolute Gasteiger partial charge is 1.00 e. The van der Waals surface area contributed by atoms with Crippen LogP contribution in [0, 0.1) is 6.07 Å². The van der Waals surface area contributed by atoms with E-state index in [1.807, 2.05) is 30.3 Å². The molecule has 0 heterocycles. The molecule has 5 aromatic carbocycles. The molecule has 0 spiro atoms. The molecule has 0 aromatic heterocycles. The molecular weight excluding hydrogens is 974 g/mol. The van der Waals surface area contributed by atoms with Crippen molar-refractivity contribution >= 4 is 35.1 Å². The molecule has 52 heavy (non-hydrogen) atoms. The van der Waals surface area contributed by atoms with Gasteiger partial charge in [0.05, 0.1) is 0 Å². The summed E-state index contributed by atoms with van der Waals surface area (Å²) in [6.45, 7) is 28.0. The second kappa shape index (κ2) is 18.4. The molecule has 0 saturated heterocycles. The van der Waals surface area contributed by atoms with Crippen LogP contribution in [0.3, 0.4) is 0 Å². The van der Waals surface area contributed by atoms with E-state index >= 15 is 0 Å². The number of hydrogen-bond acceptors (Lipinski definition) is 0. The van der Waals surface area contributed by atoms with E-state index in [1.165, 1.54) is 58.9 Å². The zero-order valence-corrected chi connectivity index (χ0v) is 41.2. The summed E-state index contributed by atoms with van der Waals surface area (Å²) in [7, 11) is 0. The van der Waals surface area contributed by atoms with Gasteiger partial charge >= 0.3 is 128 Å². The van der Waals surface area contributed by atoms with E-state index in [-0.39, 0.29) is 46.5 Å². The maximum absolute atomic E-state index is 3.90. The second-order valence-corrected chi connectivity index (χ2v) is 21.2. The minimum Gasteiger partial charge on any atom is -1.00 e. The van der Waals surface area contributed by atoms with Crippen molar-refractivity contribution < 1.29 is 48.7 Å². The van der Waals surface area contributed by atoms with Gasteiger partial charge in [0.25, 0.3) is 0 Å². The SMILES string of the molecule is Brc1ccc([C](=[Hf+2])c2ccc(Br)cc2)cc1.CC(C)(C)c1[c-]c2c(cc1C(C)(C)C)-c1cc(C(C)(C)C)c(C(C)(C)C)cc1C2.[Cl-].[Cl-].c1cc[cH-]c1. The van der Waals surface area contributed by atoms with Crippen molar-refractivity contribution in [2.75, 3.05) is 0 Å². The van der Waals surface area contributed by atoms with E-state index < -0.39 is 0 Å². The fourth-order valence-corrected chi connectivity index (χ4v) is 8.07. The number of hydrogen-bond donors (Lipinski definition) is 0. The Labute approximate surface area is 359 Å². The summed E-state index contributed by atoms with van der Waals surface area (Å²) < 4.78 is 3.68. The molecule has 0 aliphatic heterocycles. The first-order chi connectivity index (χ1) is 23.1. The number of benzene rings is 4. The van der Waals surface area contributed by atoms with Gasteiger partial charge in [0, 0.05) is 0 Å². The summed E-state index contributed by atoms with van der Waals surface area (Å²) >= 11 is 7.96. The molecule has 5 heteroatoms. The summed E-state index contributed by atoms with van der Waals surface area (Å²) in [5.74, 6) is 0. The first-order valence-electron chi connectivity index (χ1n) is 17.6. The van der Waals surface area contributed by atoms with E-state index in [4.69, 9.17) is 0 Å². The van der Waals surface area contributed by atoms with Crippen molar-refractivity contribution in [3.05, 3.63) is 157 Å². The molecule has 1 aliphatic rings. The fraction of sp³-hybridized carbons (Fsp3) is 0.362. The van der Waals surface area contributed by atoms with Crippen molar-refractivity contribution in [1.29, 1.82) is 0 Å². The van der Waals surface area contributed by atoms with E-state index in [0.717, 1.165) is 39.3 Å². The molecule has 5 aromatic rings. The molecule has 276 valence electrons. The van der Waals surface area contributed by atoms with Crippen LogP contribution in [0.4, 0.5) is 0 Å². The summed E-state index contributed by atoms with van der Waals surface area (Å²) in [5.41, 5.74) is 14.6. The van der Waals surface area contributed by atoms with Gasteiger partial charge in [-0.15, -0.1) is 16.7 Å². The van der Waals surface area contributed by atoms with Crippen LogP contribution in [0.25, 0.3) is 11.1 Å². The number of rotatable bonds is 2. The molecule has 0 amide bonds. The van der Waals surface area contributed by atoms with Gasteiger partial charge in [0.15, 0.2) is 0 Å². The average Bonchev–Trinajstić information content (AvgIpc) is 3.71. The second-order valence-electron chi connectivity index (χ2n) is 17.5. The first-order valence-corrected chi connectivity index (χ1v) is 21.0. The van der Waals surface area contributed by atoms with E-state index in [2.05, 4.69) is 188 Å². The summed E-state index contributed by atoms with van der Waals surface area (Å²) in [6.07, 6.45) is 1.01. The van der Waals surface area contributed by atoms with Crippen LogP contribution in [0.15, 0.2) is 106 Å². The summed E-state index contributed by atoms with van der Waals surface area (Å²) in [6, 6.07) is 38.4. The molecule has 0 saturated carbocycles. The van der Waals surface area contributed by atoms with Crippen LogP contribution in [0.5, 0.6) is 0 Å². The average molecular weight is 1030 g/mol. The molecule has 6 rings (SSSR count). The van der Waals surface area contributed by atoms with Gasteiger partial charge in [0.2, 0.25) is 0 Å². The Bertz CT molecular complexity index is 1770. The van der Waals surface area contributed by atoms with Gasteiger partial charge in [-0.25, -0.2) is 12.1 Å². The van der Waals surface area contributed by atoms with Crippen LogP contribution >= 0.6 is 31.9 Å². The van der Waals surface area contributed by atoms with Crippen molar-refractivity contribution in [2.45, 2.75) is 111 Å². The predicted octanol–water partition coefficient (Wildman–Crippen LogP) is 7.99. The Kier molecular flexibility index (Phi) is 16.5. The van der Waals surface area contributed by atoms with Crippen LogP contribution in [0.2, 0.25) is 0 Å². The molecule has 0 radical (unpaired) electrons. The maximum atomic E-state index is 3.90. The Hall–Kier alpha value is -1.49. The van der Waals surface area contributed by atoms with Crippen LogP contribution in [-0.2, 0) is 52.0 Å². The quantitative estimate of drug-likeness (QED) is 0.122. The van der Waals surface area contributed by atoms with Crippen LogP contribution in [0.1, 0.15) is 128 Å². The number of fused-ring (bicyclic) bond motifs is 3. The zero-order valence-electron chi connectivity index (χ0n) is 33.0. The third kappa shape index (κ3) is 12.0. The summed E-state index contributed by atoms with van der Waals surface area (Å²) in [4.78, 5) is 0. The van der Waals surface area contributed by atoms with Crippen molar-refractivity contribution in [1.82, 2.24) is 0 Å². The Balaban J connectivity index is 0.000000340. The fourth-order valence-electron chi connectivity index (χ4n) is 6.35. The minimum absolute atomic E-state index is 0. The van der Waals surface area contributed by atoms with E-state index in [1.54, 1.807) is 0 Å². The molecule has 0 N–H and O–H groups in total. The van der Waals surface area contributed by atoms with Gasteiger partial charge in [-0.05, 0) is 39.4 Å². The third-order valence-corrected chi connectivity index (χ3v) is 12.2. The van der Waals surface area contributed by atoms with Gasteiger partial charge in [-0.3, -0.25) is 0 Å². The van der Waals surface area contributed by atoms with Gasteiger partial charge in [-0.1, -0.05) is 106 Å². The van der Waals surface area contributed by atoms with Gasteiger partial charge in [0.1, 0.15) is 0 Å². The monoisotopic (exact) mass is 1030 g/mol. The normalized spacial score (nSPS) is 12.2. The first kappa shape index (κ1) is 46.7. The molecular formula is C47H54Br2Cl2Hf-2. The third-order valence-electron chi connectivity index (χ3n) is 9.06. The molecule has 0 bridgehead atoms. The molecule has 0 atom stereocenters. The molecule has 0 fully saturated rings. The molecule has 0 unspecified atom stereocenters. The van der Waals surface area contributed by atoms with Gasteiger partial charge < -0.3 is 24.8 Å². The number of halogens is 4. The summed E-state index contributed by atoms with van der Waals surface area (Å²) in [5, 5.41) is 0. The smallest absolute Gasteiger partial charge is 0.0129 e. The Morgan fingerprint density at radius 3 is 1.35 bits per heavy atom.